The smallest absolute Gasteiger partial charge is 0.0603 e. The van der Waals surface area contributed by atoms with Crippen LogP contribution < -0.4 is 0 Å². The van der Waals surface area contributed by atoms with Crippen molar-refractivity contribution in [3.8, 4) is 0 Å². The largest absolute Gasteiger partial charge is 0.0761 e. The van der Waals surface area contributed by atoms with Crippen LogP contribution in [0.25, 0.3) is 0 Å². The highest BCUT2D eigenvalue weighted by Crippen LogP contribution is 2.70. The third-order valence-corrected chi connectivity index (χ3v) is 5.79. The third-order valence-electron chi connectivity index (χ3n) is 5.79. The first-order valence-corrected chi connectivity index (χ1v) is 6.70. The van der Waals surface area contributed by atoms with Crippen LogP contribution in [0.5, 0.6) is 0 Å². The van der Waals surface area contributed by atoms with E-state index in [9.17, 15) is 0 Å². The Morgan fingerprint density at radius 3 is 1.60 bits per heavy atom. The first-order chi connectivity index (χ1) is 6.91. The van der Waals surface area contributed by atoms with Crippen molar-refractivity contribution in [2.45, 2.75) is 58.2 Å². The van der Waals surface area contributed by atoms with Crippen molar-refractivity contribution >= 4 is 7.85 Å². The molecule has 0 aromatic carbocycles. The van der Waals surface area contributed by atoms with E-state index in [0.717, 1.165) is 23.7 Å². The molecule has 2 radical (unpaired) electrons. The topological polar surface area (TPSA) is 0 Å². The summed E-state index contributed by atoms with van der Waals surface area (Å²) in [5.41, 5.74) is 0.287. The number of hydrogen-bond acceptors (Lipinski definition) is 0. The van der Waals surface area contributed by atoms with Crippen molar-refractivity contribution in [3.05, 3.63) is 0 Å². The van der Waals surface area contributed by atoms with E-state index in [1.165, 1.54) is 32.1 Å². The lowest BCUT2D eigenvalue weighted by Gasteiger charge is -2.65. The van der Waals surface area contributed by atoms with Gasteiger partial charge in [0.1, 0.15) is 0 Å². The Morgan fingerprint density at radius 2 is 1.27 bits per heavy atom. The lowest BCUT2D eigenvalue weighted by atomic mass is 9.33. The minimum atomic E-state index is 0.139. The van der Waals surface area contributed by atoms with Gasteiger partial charge in [-0.15, -0.1) is 0 Å². The Kier molecular flexibility index (Phi) is 1.94. The van der Waals surface area contributed by atoms with E-state index in [1.807, 2.05) is 0 Å². The van der Waals surface area contributed by atoms with Gasteiger partial charge in [-0.05, 0) is 61.2 Å². The molecule has 0 amide bonds. The molecule has 4 aliphatic carbocycles. The molecular weight excluding hydrogens is 179 g/mol. The highest BCUT2D eigenvalue weighted by Gasteiger charge is 2.58. The fraction of sp³-hybridized carbons (Fsp3) is 1.00. The summed E-state index contributed by atoms with van der Waals surface area (Å²) in [6.07, 6.45) is 7.25. The predicted molar refractivity (Wildman–Crippen MR) is 64.9 cm³/mol. The molecule has 4 saturated carbocycles. The van der Waals surface area contributed by atoms with Crippen LogP contribution >= 0.6 is 0 Å². The van der Waals surface area contributed by atoms with E-state index >= 15 is 0 Å². The molecule has 0 unspecified atom stereocenters. The summed E-state index contributed by atoms with van der Waals surface area (Å²) in [5.74, 6) is 3.72. The fourth-order valence-electron chi connectivity index (χ4n) is 5.19. The van der Waals surface area contributed by atoms with E-state index < -0.39 is 0 Å². The maximum atomic E-state index is 6.87. The van der Waals surface area contributed by atoms with E-state index in [4.69, 9.17) is 7.85 Å². The summed E-state index contributed by atoms with van der Waals surface area (Å²) in [4.78, 5) is 0. The molecule has 0 saturated heterocycles. The Hall–Kier alpha value is 0.0649. The molecule has 1 heteroatoms. The van der Waals surface area contributed by atoms with Gasteiger partial charge in [-0.2, -0.15) is 0 Å². The van der Waals surface area contributed by atoms with Crippen molar-refractivity contribution in [1.29, 1.82) is 0 Å². The maximum absolute atomic E-state index is 6.87. The zero-order valence-electron chi connectivity index (χ0n) is 10.4. The average Bonchev–Trinajstić information content (AvgIpc) is 2.10. The van der Waals surface area contributed by atoms with Crippen molar-refractivity contribution in [1.82, 2.24) is 0 Å². The minimum absolute atomic E-state index is 0.139. The van der Waals surface area contributed by atoms with Gasteiger partial charge in [0.25, 0.3) is 0 Å². The van der Waals surface area contributed by atoms with Gasteiger partial charge in [-0.25, -0.2) is 0 Å². The second kappa shape index (κ2) is 2.84. The van der Waals surface area contributed by atoms with Crippen molar-refractivity contribution in [3.63, 3.8) is 0 Å². The molecule has 0 aromatic rings. The molecule has 4 fully saturated rings. The highest BCUT2D eigenvalue weighted by atomic mass is 14.6. The summed E-state index contributed by atoms with van der Waals surface area (Å²) in [6, 6.07) is 0. The normalized spacial score (nSPS) is 53.5. The van der Waals surface area contributed by atoms with Crippen LogP contribution in [-0.4, -0.2) is 7.85 Å². The summed E-state index contributed by atoms with van der Waals surface area (Å²) in [5, 5.41) is 0.139. The van der Waals surface area contributed by atoms with Crippen LogP contribution in [-0.2, 0) is 0 Å². The highest BCUT2D eigenvalue weighted by molar-refractivity contribution is 6.16. The van der Waals surface area contributed by atoms with Gasteiger partial charge in [-0.1, -0.05) is 26.1 Å². The van der Waals surface area contributed by atoms with Crippen LogP contribution in [0, 0.1) is 29.1 Å². The van der Waals surface area contributed by atoms with E-state index in [2.05, 4.69) is 20.8 Å². The maximum Gasteiger partial charge on any atom is 0.0761 e. The quantitative estimate of drug-likeness (QED) is 0.524. The standard InChI is InChI=1S/C14H23B/c1-13(2,3)14(15)11-5-9-4-10(7-11)8-12(14)6-9/h9-12H,4-8H2,1-3H3. The van der Waals surface area contributed by atoms with Gasteiger partial charge >= 0.3 is 0 Å². The molecular formula is C14H23B. The molecule has 4 rings (SSSR count). The van der Waals surface area contributed by atoms with Gasteiger partial charge in [0.2, 0.25) is 0 Å². The van der Waals surface area contributed by atoms with E-state index in [1.54, 1.807) is 0 Å². The first-order valence-electron chi connectivity index (χ1n) is 6.70. The Labute approximate surface area is 95.6 Å². The van der Waals surface area contributed by atoms with Crippen LogP contribution in [0.2, 0.25) is 5.31 Å². The van der Waals surface area contributed by atoms with Gasteiger partial charge < -0.3 is 0 Å². The Balaban J connectivity index is 1.98. The fourth-order valence-corrected chi connectivity index (χ4v) is 5.19. The summed E-state index contributed by atoms with van der Waals surface area (Å²) < 4.78 is 0. The summed E-state index contributed by atoms with van der Waals surface area (Å²) in [7, 11) is 6.87. The molecule has 0 nitrogen and oxygen atoms in total. The van der Waals surface area contributed by atoms with Crippen LogP contribution in [0.3, 0.4) is 0 Å². The number of hydrogen-bond donors (Lipinski definition) is 0. The SMILES string of the molecule is [B]C1(C(C)(C)C)C2CC3CC(C2)CC1C3. The Morgan fingerprint density at radius 1 is 0.867 bits per heavy atom. The lowest BCUT2D eigenvalue weighted by Crippen LogP contribution is -2.54. The predicted octanol–water partition coefficient (Wildman–Crippen LogP) is 3.82. The zero-order chi connectivity index (χ0) is 10.8. The van der Waals surface area contributed by atoms with Gasteiger partial charge in [0, 0.05) is 0 Å². The molecule has 0 N–H and O–H groups in total. The molecule has 0 heterocycles. The molecule has 0 aliphatic heterocycles. The van der Waals surface area contributed by atoms with Crippen LogP contribution in [0.1, 0.15) is 52.9 Å². The molecule has 0 spiro atoms. The van der Waals surface area contributed by atoms with E-state index in [0.29, 0.717) is 0 Å². The summed E-state index contributed by atoms with van der Waals surface area (Å²) >= 11 is 0. The van der Waals surface area contributed by atoms with Crippen molar-refractivity contribution < 1.29 is 0 Å². The van der Waals surface area contributed by atoms with Crippen LogP contribution in [0.4, 0.5) is 0 Å². The molecule has 4 aliphatic rings. The average molecular weight is 202 g/mol. The monoisotopic (exact) mass is 202 g/mol. The number of rotatable bonds is 0. The summed E-state index contributed by atoms with van der Waals surface area (Å²) in [6.45, 7) is 7.07. The molecule has 15 heavy (non-hydrogen) atoms. The first kappa shape index (κ1) is 10.2. The molecule has 0 atom stereocenters. The molecule has 4 bridgehead atoms. The van der Waals surface area contributed by atoms with Gasteiger partial charge in [0.05, 0.1) is 7.85 Å². The molecule has 82 valence electrons. The third kappa shape index (κ3) is 1.21. The van der Waals surface area contributed by atoms with Crippen molar-refractivity contribution in [2.75, 3.05) is 0 Å². The second-order valence-corrected chi connectivity index (χ2v) is 7.49. The van der Waals surface area contributed by atoms with Crippen molar-refractivity contribution in [2.24, 2.45) is 29.1 Å². The molecule has 0 aromatic heterocycles. The zero-order valence-corrected chi connectivity index (χ0v) is 10.4. The minimum Gasteiger partial charge on any atom is -0.0603 e. The van der Waals surface area contributed by atoms with Gasteiger partial charge in [-0.3, -0.25) is 0 Å². The van der Waals surface area contributed by atoms with Gasteiger partial charge in [0.15, 0.2) is 0 Å². The van der Waals surface area contributed by atoms with Crippen LogP contribution in [0.15, 0.2) is 0 Å². The lowest BCUT2D eigenvalue weighted by molar-refractivity contribution is -0.0674. The Bertz CT molecular complexity index is 246. The second-order valence-electron chi connectivity index (χ2n) is 7.49. The van der Waals surface area contributed by atoms with E-state index in [-0.39, 0.29) is 10.7 Å².